The number of amides is 1. The monoisotopic (exact) mass is 280 g/mol. The first-order chi connectivity index (χ1) is 9.54. The molecule has 1 aromatic carbocycles. The fourth-order valence-electron chi connectivity index (χ4n) is 1.71. The molecular weight excluding hydrogens is 260 g/mol. The van der Waals surface area contributed by atoms with E-state index in [-0.39, 0.29) is 18.7 Å². The normalized spacial score (nSPS) is 11.9. The van der Waals surface area contributed by atoms with Crippen molar-refractivity contribution in [3.8, 4) is 0 Å². The number of aliphatic carboxylic acids is 1. The molecular formula is C14H20N2O4. The summed E-state index contributed by atoms with van der Waals surface area (Å²) in [6.07, 6.45) is 0.665. The van der Waals surface area contributed by atoms with Crippen molar-refractivity contribution in [2.24, 2.45) is 5.73 Å². The van der Waals surface area contributed by atoms with Crippen LogP contribution in [0.15, 0.2) is 24.3 Å². The van der Waals surface area contributed by atoms with Crippen LogP contribution in [0, 0.1) is 0 Å². The Morgan fingerprint density at radius 1 is 1.40 bits per heavy atom. The lowest BCUT2D eigenvalue weighted by molar-refractivity contribution is -0.137. The van der Waals surface area contributed by atoms with Gasteiger partial charge < -0.3 is 20.9 Å². The Kier molecular flexibility index (Phi) is 6.69. The van der Waals surface area contributed by atoms with Crippen LogP contribution in [0.3, 0.4) is 0 Å². The van der Waals surface area contributed by atoms with Crippen molar-refractivity contribution < 1.29 is 19.4 Å². The van der Waals surface area contributed by atoms with Crippen molar-refractivity contribution in [1.29, 1.82) is 0 Å². The van der Waals surface area contributed by atoms with Crippen LogP contribution in [0.2, 0.25) is 0 Å². The molecule has 4 N–H and O–H groups in total. The van der Waals surface area contributed by atoms with Crippen LogP contribution < -0.4 is 11.1 Å². The number of carbonyl (C=O) groups excluding carboxylic acids is 1. The second-order valence-corrected chi connectivity index (χ2v) is 4.43. The lowest BCUT2D eigenvalue weighted by atomic mass is 10.1. The second kappa shape index (κ2) is 8.29. The minimum Gasteiger partial charge on any atom is -0.481 e. The SMILES string of the molecule is COCCc1ccccc1NC(=O)C(N)CCC(=O)O. The average molecular weight is 280 g/mol. The molecule has 0 bridgehead atoms. The van der Waals surface area contributed by atoms with Crippen LogP contribution in [-0.2, 0) is 20.7 Å². The predicted octanol–water partition coefficient (Wildman–Crippen LogP) is 1.01. The topological polar surface area (TPSA) is 102 Å². The summed E-state index contributed by atoms with van der Waals surface area (Å²) >= 11 is 0. The van der Waals surface area contributed by atoms with Gasteiger partial charge >= 0.3 is 5.97 Å². The molecule has 0 heterocycles. The molecule has 0 spiro atoms. The zero-order chi connectivity index (χ0) is 15.0. The lowest BCUT2D eigenvalue weighted by Gasteiger charge is -2.14. The molecule has 0 aliphatic rings. The van der Waals surface area contributed by atoms with Gasteiger partial charge in [-0.3, -0.25) is 9.59 Å². The van der Waals surface area contributed by atoms with Gasteiger partial charge in [0.15, 0.2) is 0 Å². The number of methoxy groups -OCH3 is 1. The van der Waals surface area contributed by atoms with E-state index in [2.05, 4.69) is 5.32 Å². The van der Waals surface area contributed by atoms with Crippen LogP contribution >= 0.6 is 0 Å². The number of rotatable bonds is 8. The Labute approximate surface area is 117 Å². The van der Waals surface area contributed by atoms with E-state index in [1.807, 2.05) is 18.2 Å². The highest BCUT2D eigenvalue weighted by molar-refractivity contribution is 5.95. The van der Waals surface area contributed by atoms with Crippen LogP contribution in [0.25, 0.3) is 0 Å². The molecule has 0 fully saturated rings. The van der Waals surface area contributed by atoms with E-state index in [0.29, 0.717) is 18.7 Å². The lowest BCUT2D eigenvalue weighted by Crippen LogP contribution is -2.36. The van der Waals surface area contributed by atoms with Crippen molar-refractivity contribution in [1.82, 2.24) is 0 Å². The maximum atomic E-state index is 11.9. The first-order valence-electron chi connectivity index (χ1n) is 6.39. The van der Waals surface area contributed by atoms with E-state index in [9.17, 15) is 9.59 Å². The fourth-order valence-corrected chi connectivity index (χ4v) is 1.71. The summed E-state index contributed by atoms with van der Waals surface area (Å²) in [6, 6.07) is 6.55. The van der Waals surface area contributed by atoms with Gasteiger partial charge in [-0.15, -0.1) is 0 Å². The maximum absolute atomic E-state index is 11.9. The van der Waals surface area contributed by atoms with E-state index in [1.165, 1.54) is 0 Å². The molecule has 1 unspecified atom stereocenters. The summed E-state index contributed by atoms with van der Waals surface area (Å²) in [7, 11) is 1.61. The first kappa shape index (κ1) is 16.1. The van der Waals surface area contributed by atoms with Crippen molar-refractivity contribution in [3.05, 3.63) is 29.8 Å². The first-order valence-corrected chi connectivity index (χ1v) is 6.39. The number of anilines is 1. The number of hydrogen-bond donors (Lipinski definition) is 3. The largest absolute Gasteiger partial charge is 0.481 e. The molecule has 1 amide bonds. The number of para-hydroxylation sites is 1. The minimum absolute atomic E-state index is 0.113. The number of nitrogens with two attached hydrogens (primary N) is 1. The smallest absolute Gasteiger partial charge is 0.303 e. The number of nitrogens with one attached hydrogen (secondary N) is 1. The standard InChI is InChI=1S/C14H20N2O4/c1-20-9-8-10-4-2-3-5-12(10)16-14(19)11(15)6-7-13(17)18/h2-5,11H,6-9,15H2,1H3,(H,16,19)(H,17,18). The highest BCUT2D eigenvalue weighted by atomic mass is 16.5. The zero-order valence-corrected chi connectivity index (χ0v) is 11.5. The average Bonchev–Trinajstić information content (AvgIpc) is 2.43. The number of hydrogen-bond acceptors (Lipinski definition) is 4. The Morgan fingerprint density at radius 3 is 2.75 bits per heavy atom. The van der Waals surface area contributed by atoms with E-state index >= 15 is 0 Å². The molecule has 1 aromatic rings. The van der Waals surface area contributed by atoms with Crippen LogP contribution in [0.5, 0.6) is 0 Å². The summed E-state index contributed by atoms with van der Waals surface area (Å²) in [5.41, 5.74) is 7.30. The number of carboxylic acid groups (broad SMARTS) is 1. The Balaban J connectivity index is 2.62. The number of carboxylic acids is 1. The van der Waals surface area contributed by atoms with Gasteiger partial charge in [0.05, 0.1) is 12.6 Å². The molecule has 20 heavy (non-hydrogen) atoms. The summed E-state index contributed by atoms with van der Waals surface area (Å²) < 4.78 is 5.02. The summed E-state index contributed by atoms with van der Waals surface area (Å²) in [5, 5.41) is 11.3. The van der Waals surface area contributed by atoms with Gasteiger partial charge in [-0.1, -0.05) is 18.2 Å². The van der Waals surface area contributed by atoms with E-state index in [1.54, 1.807) is 13.2 Å². The van der Waals surface area contributed by atoms with E-state index < -0.39 is 12.0 Å². The Morgan fingerprint density at radius 2 is 2.10 bits per heavy atom. The summed E-state index contributed by atoms with van der Waals surface area (Å²) in [5.74, 6) is -1.34. The van der Waals surface area contributed by atoms with Crippen LogP contribution in [-0.4, -0.2) is 36.7 Å². The van der Waals surface area contributed by atoms with Gasteiger partial charge in [-0.25, -0.2) is 0 Å². The molecule has 0 radical (unpaired) electrons. The van der Waals surface area contributed by atoms with Gasteiger partial charge in [-0.2, -0.15) is 0 Å². The summed E-state index contributed by atoms with van der Waals surface area (Å²) in [4.78, 5) is 22.3. The van der Waals surface area contributed by atoms with Crippen molar-refractivity contribution >= 4 is 17.6 Å². The fraction of sp³-hybridized carbons (Fsp3) is 0.429. The Hall–Kier alpha value is -1.92. The van der Waals surface area contributed by atoms with Gasteiger partial charge in [0, 0.05) is 19.2 Å². The van der Waals surface area contributed by atoms with Crippen LogP contribution in [0.4, 0.5) is 5.69 Å². The van der Waals surface area contributed by atoms with Gasteiger partial charge in [-0.05, 0) is 24.5 Å². The molecule has 0 aliphatic heterocycles. The highest BCUT2D eigenvalue weighted by Crippen LogP contribution is 2.16. The third-order valence-corrected chi connectivity index (χ3v) is 2.86. The molecule has 0 saturated carbocycles. The predicted molar refractivity (Wildman–Crippen MR) is 75.5 cm³/mol. The number of carbonyl (C=O) groups is 2. The molecule has 110 valence electrons. The van der Waals surface area contributed by atoms with Crippen molar-refractivity contribution in [3.63, 3.8) is 0 Å². The van der Waals surface area contributed by atoms with E-state index in [4.69, 9.17) is 15.6 Å². The third-order valence-electron chi connectivity index (χ3n) is 2.86. The Bertz CT molecular complexity index is 462. The molecule has 6 heteroatoms. The minimum atomic E-state index is -0.964. The third kappa shape index (κ3) is 5.38. The number of benzene rings is 1. The highest BCUT2D eigenvalue weighted by Gasteiger charge is 2.16. The quantitative estimate of drug-likeness (QED) is 0.659. The molecule has 0 saturated heterocycles. The molecule has 6 nitrogen and oxygen atoms in total. The van der Waals surface area contributed by atoms with Gasteiger partial charge in [0.1, 0.15) is 0 Å². The maximum Gasteiger partial charge on any atom is 0.303 e. The molecule has 1 rings (SSSR count). The zero-order valence-electron chi connectivity index (χ0n) is 11.5. The summed E-state index contributed by atoms with van der Waals surface area (Å²) in [6.45, 7) is 0.554. The molecule has 0 aliphatic carbocycles. The van der Waals surface area contributed by atoms with E-state index in [0.717, 1.165) is 5.56 Å². The molecule has 1 atom stereocenters. The second-order valence-electron chi connectivity index (χ2n) is 4.43. The van der Waals surface area contributed by atoms with Gasteiger partial charge in [0.25, 0.3) is 0 Å². The van der Waals surface area contributed by atoms with Crippen LogP contribution in [0.1, 0.15) is 18.4 Å². The van der Waals surface area contributed by atoms with Gasteiger partial charge in [0.2, 0.25) is 5.91 Å². The number of ether oxygens (including phenoxy) is 1. The van der Waals surface area contributed by atoms with Crippen molar-refractivity contribution in [2.45, 2.75) is 25.3 Å². The molecule has 0 aromatic heterocycles. The van der Waals surface area contributed by atoms with Crippen molar-refractivity contribution in [2.75, 3.05) is 19.0 Å².